The molecule has 0 atom stereocenters. The van der Waals surface area contributed by atoms with Crippen LogP contribution in [0.15, 0.2) is 0 Å². The molecule has 0 aromatic rings. The Bertz CT molecular complexity index is 166. The Hall–Kier alpha value is 0.200. The maximum atomic E-state index is 10.8. The summed E-state index contributed by atoms with van der Waals surface area (Å²) in [4.78, 5) is 0. The Labute approximate surface area is 66.5 Å². The molecule has 10 heavy (non-hydrogen) atoms. The van der Waals surface area contributed by atoms with Crippen molar-refractivity contribution in [1.29, 1.82) is 0 Å². The summed E-state index contributed by atoms with van der Waals surface area (Å²) in [7, 11) is -2.95. The minimum Gasteiger partial charge on any atom is -0.258 e. The van der Waals surface area contributed by atoms with E-state index in [1.54, 1.807) is 0 Å². The van der Waals surface area contributed by atoms with Gasteiger partial charge in [0.1, 0.15) is 0 Å². The highest BCUT2D eigenvalue weighted by atomic mass is 35.5. The van der Waals surface area contributed by atoms with E-state index in [4.69, 9.17) is 17.3 Å². The minimum absolute atomic E-state index is 0.0363. The highest BCUT2D eigenvalue weighted by Gasteiger charge is 2.07. The maximum Gasteiger partial charge on any atom is 0.151 e. The third-order valence-corrected chi connectivity index (χ3v) is 3.17. The summed E-state index contributed by atoms with van der Waals surface area (Å²) in [5, 5.41) is 0. The fraction of sp³-hybridized carbons (Fsp3) is 1.00. The Morgan fingerprint density at radius 2 is 1.90 bits per heavy atom. The maximum absolute atomic E-state index is 10.8. The van der Waals surface area contributed by atoms with Crippen LogP contribution < -0.4 is 5.73 Å². The lowest BCUT2D eigenvalue weighted by atomic mass is 10.5. The van der Waals surface area contributed by atoms with E-state index in [0.717, 1.165) is 0 Å². The van der Waals surface area contributed by atoms with Crippen LogP contribution in [0.5, 0.6) is 0 Å². The molecule has 0 bridgehead atoms. The number of hydrogen-bond donors (Lipinski definition) is 0. The van der Waals surface area contributed by atoms with Crippen molar-refractivity contribution in [2.24, 2.45) is 0 Å². The smallest absolute Gasteiger partial charge is 0.151 e. The normalized spacial score (nSPS) is 11.8. The molecular weight excluding hydrogens is 174 g/mol. The Morgan fingerprint density at radius 3 is 2.30 bits per heavy atom. The first-order chi connectivity index (χ1) is 4.62. The highest BCUT2D eigenvalue weighted by Crippen LogP contribution is 1.94. The standard InChI is InChI=1S/C5H11ClNO2S/c6-2-5-10(8,9)4-1-3-7/h7H,1-5H2. The molecule has 0 amide bonds. The van der Waals surface area contributed by atoms with E-state index in [1.807, 2.05) is 0 Å². The Morgan fingerprint density at radius 1 is 1.30 bits per heavy atom. The fourth-order valence-electron chi connectivity index (χ4n) is 0.512. The summed E-state index contributed by atoms with van der Waals surface area (Å²) in [5.74, 6) is 0.290. The zero-order valence-electron chi connectivity index (χ0n) is 5.64. The van der Waals surface area contributed by atoms with E-state index >= 15 is 0 Å². The Balaban J connectivity index is 3.65. The molecule has 3 nitrogen and oxygen atoms in total. The monoisotopic (exact) mass is 184 g/mol. The van der Waals surface area contributed by atoms with Gasteiger partial charge in [-0.25, -0.2) is 8.42 Å². The van der Waals surface area contributed by atoms with Crippen LogP contribution in [0.3, 0.4) is 0 Å². The molecule has 0 saturated heterocycles. The van der Waals surface area contributed by atoms with Crippen molar-refractivity contribution < 1.29 is 8.42 Å². The summed E-state index contributed by atoms with van der Waals surface area (Å²) < 4.78 is 21.6. The topological polar surface area (TPSA) is 57.9 Å². The van der Waals surface area contributed by atoms with Crippen LogP contribution >= 0.6 is 11.6 Å². The van der Waals surface area contributed by atoms with Crippen LogP contribution in [0.4, 0.5) is 0 Å². The van der Waals surface area contributed by atoms with Crippen molar-refractivity contribution in [3.05, 3.63) is 0 Å². The average Bonchev–Trinajstić information content (AvgIpc) is 1.84. The number of hydrogen-bond acceptors (Lipinski definition) is 2. The van der Waals surface area contributed by atoms with Gasteiger partial charge in [0, 0.05) is 12.4 Å². The second-order valence-corrected chi connectivity index (χ2v) is 4.63. The van der Waals surface area contributed by atoms with Gasteiger partial charge in [-0.1, -0.05) is 0 Å². The van der Waals surface area contributed by atoms with Gasteiger partial charge in [-0.2, -0.15) is 0 Å². The van der Waals surface area contributed by atoms with Gasteiger partial charge < -0.3 is 0 Å². The molecule has 1 N–H and O–H groups in total. The highest BCUT2D eigenvalue weighted by molar-refractivity contribution is 7.91. The molecule has 0 aliphatic carbocycles. The largest absolute Gasteiger partial charge is 0.258 e. The van der Waals surface area contributed by atoms with Gasteiger partial charge in [0.25, 0.3) is 0 Å². The predicted octanol–water partition coefficient (Wildman–Crippen LogP) is 0.313. The fourth-order valence-corrected chi connectivity index (χ4v) is 2.24. The lowest BCUT2D eigenvalue weighted by Gasteiger charge is -1.97. The second-order valence-electron chi connectivity index (χ2n) is 1.94. The zero-order chi connectivity index (χ0) is 8.04. The lowest BCUT2D eigenvalue weighted by Crippen LogP contribution is -2.13. The summed E-state index contributed by atoms with van der Waals surface area (Å²) >= 11 is 5.24. The molecule has 0 rings (SSSR count). The molecule has 0 saturated carbocycles. The van der Waals surface area contributed by atoms with E-state index in [-0.39, 0.29) is 23.9 Å². The van der Waals surface area contributed by atoms with Crippen molar-refractivity contribution in [3.8, 4) is 0 Å². The van der Waals surface area contributed by atoms with Crippen LogP contribution in [0.1, 0.15) is 6.42 Å². The molecule has 0 aliphatic rings. The Kier molecular flexibility index (Phi) is 5.03. The molecule has 0 aromatic heterocycles. The third kappa shape index (κ3) is 5.02. The number of halogens is 1. The summed E-state index contributed by atoms with van der Waals surface area (Å²) in [6.45, 7) is 0.168. The number of sulfone groups is 1. The average molecular weight is 185 g/mol. The van der Waals surface area contributed by atoms with Gasteiger partial charge in [-0.05, 0) is 6.42 Å². The number of alkyl halides is 1. The summed E-state index contributed by atoms with van der Waals surface area (Å²) in [5.41, 5.74) is 6.72. The predicted molar refractivity (Wildman–Crippen MR) is 42.0 cm³/mol. The van der Waals surface area contributed by atoms with Gasteiger partial charge in [0.05, 0.1) is 11.5 Å². The molecule has 0 aliphatic heterocycles. The molecule has 0 fully saturated rings. The van der Waals surface area contributed by atoms with Crippen LogP contribution in [-0.2, 0) is 9.84 Å². The molecule has 0 spiro atoms. The number of nitrogens with one attached hydrogen (secondary N) is 1. The van der Waals surface area contributed by atoms with Gasteiger partial charge in [-0.15, -0.1) is 11.6 Å². The van der Waals surface area contributed by atoms with E-state index in [2.05, 4.69) is 0 Å². The van der Waals surface area contributed by atoms with Gasteiger partial charge in [0.15, 0.2) is 9.84 Å². The van der Waals surface area contributed by atoms with Crippen molar-refractivity contribution in [2.75, 3.05) is 23.9 Å². The van der Waals surface area contributed by atoms with Crippen molar-refractivity contribution in [2.45, 2.75) is 6.42 Å². The molecule has 61 valence electrons. The van der Waals surface area contributed by atoms with Crippen LogP contribution in [0.2, 0.25) is 0 Å². The first-order valence-electron chi connectivity index (χ1n) is 3.03. The minimum atomic E-state index is -2.95. The second kappa shape index (κ2) is 4.93. The molecule has 5 heteroatoms. The molecule has 0 heterocycles. The van der Waals surface area contributed by atoms with Crippen molar-refractivity contribution in [1.82, 2.24) is 5.73 Å². The molecule has 1 radical (unpaired) electrons. The van der Waals surface area contributed by atoms with E-state index in [1.165, 1.54) is 0 Å². The molecule has 0 aromatic carbocycles. The van der Waals surface area contributed by atoms with Crippen LogP contribution in [-0.4, -0.2) is 32.3 Å². The number of rotatable bonds is 5. The van der Waals surface area contributed by atoms with E-state index < -0.39 is 9.84 Å². The lowest BCUT2D eigenvalue weighted by molar-refractivity contribution is 0.595. The molecule has 0 unspecified atom stereocenters. The van der Waals surface area contributed by atoms with E-state index in [0.29, 0.717) is 6.42 Å². The quantitative estimate of drug-likeness (QED) is 0.578. The van der Waals surface area contributed by atoms with E-state index in [9.17, 15) is 8.42 Å². The van der Waals surface area contributed by atoms with Gasteiger partial charge in [-0.3, -0.25) is 5.73 Å². The molecular formula is C5H11ClNO2S. The zero-order valence-corrected chi connectivity index (χ0v) is 7.21. The first kappa shape index (κ1) is 10.2. The van der Waals surface area contributed by atoms with Gasteiger partial charge >= 0.3 is 0 Å². The van der Waals surface area contributed by atoms with Crippen molar-refractivity contribution >= 4 is 21.4 Å². The van der Waals surface area contributed by atoms with Crippen LogP contribution in [0.25, 0.3) is 0 Å². The first-order valence-corrected chi connectivity index (χ1v) is 5.39. The van der Waals surface area contributed by atoms with Crippen molar-refractivity contribution in [3.63, 3.8) is 0 Å². The summed E-state index contributed by atoms with van der Waals surface area (Å²) in [6.07, 6.45) is 0.416. The summed E-state index contributed by atoms with van der Waals surface area (Å²) in [6, 6.07) is 0. The third-order valence-electron chi connectivity index (χ3n) is 1.02. The van der Waals surface area contributed by atoms with Gasteiger partial charge in [0.2, 0.25) is 0 Å². The van der Waals surface area contributed by atoms with Crippen LogP contribution in [0, 0.1) is 0 Å². The SMILES string of the molecule is [NH]CCCS(=O)(=O)CCCl.